The summed E-state index contributed by atoms with van der Waals surface area (Å²) in [7, 11) is 0. The Morgan fingerprint density at radius 1 is 0.440 bits per heavy atom. The summed E-state index contributed by atoms with van der Waals surface area (Å²) < 4.78 is 175. The van der Waals surface area contributed by atoms with Crippen LogP contribution < -0.4 is 0 Å². The van der Waals surface area contributed by atoms with Crippen LogP contribution in [0.4, 0.5) is 75.4 Å². The molecule has 4 aromatic rings. The molecule has 0 radical (unpaired) electrons. The molecule has 0 aromatic heterocycles. The number of nitro benzene ring substituents is 2. The molecular formula is C30H16F12N4O4. The van der Waals surface area contributed by atoms with Gasteiger partial charge in [0, 0.05) is 46.5 Å². The number of nitro groups is 2. The van der Waals surface area contributed by atoms with E-state index in [1.807, 2.05) is 0 Å². The van der Waals surface area contributed by atoms with Crippen molar-refractivity contribution in [2.45, 2.75) is 35.5 Å². The molecule has 0 bridgehead atoms. The molecule has 0 aliphatic heterocycles. The molecule has 50 heavy (non-hydrogen) atoms. The summed E-state index contributed by atoms with van der Waals surface area (Å²) in [4.78, 5) is 19.5. The Morgan fingerprint density at radius 3 is 1.00 bits per heavy atom. The lowest BCUT2D eigenvalue weighted by atomic mass is 9.84. The van der Waals surface area contributed by atoms with Crippen molar-refractivity contribution < 1.29 is 62.5 Å². The molecule has 0 fully saturated rings. The molecule has 0 saturated heterocycles. The third-order valence-corrected chi connectivity index (χ3v) is 7.30. The zero-order valence-corrected chi connectivity index (χ0v) is 24.2. The molecule has 8 nitrogen and oxygen atoms in total. The maximum atomic E-state index is 15.6. The van der Waals surface area contributed by atoms with Gasteiger partial charge >= 0.3 is 24.2 Å². The minimum absolute atomic E-state index is 0.0739. The molecule has 0 aliphatic carbocycles. The van der Waals surface area contributed by atoms with E-state index >= 15 is 26.3 Å². The SMILES string of the molecule is O=[N+]([O-])c1cccc(C(F)(F)C(F)(c2ccc(/N=N/c3ccc(C(F)(C(F)(F)F)C(F)(F)c4cccc([N+](=O)[O-])c4)cc3)cc2)C(F)(F)F)c1. The van der Waals surface area contributed by atoms with E-state index in [1.54, 1.807) is 0 Å². The molecule has 0 spiro atoms. The van der Waals surface area contributed by atoms with Gasteiger partial charge in [-0.25, -0.2) is 8.78 Å². The fourth-order valence-corrected chi connectivity index (χ4v) is 4.70. The van der Waals surface area contributed by atoms with Gasteiger partial charge in [0.05, 0.1) is 21.2 Å². The highest BCUT2D eigenvalue weighted by Gasteiger charge is 2.73. The lowest BCUT2D eigenvalue weighted by Crippen LogP contribution is -2.51. The predicted octanol–water partition coefficient (Wildman–Crippen LogP) is 11.0. The highest BCUT2D eigenvalue weighted by molar-refractivity contribution is 5.47. The third kappa shape index (κ3) is 6.31. The van der Waals surface area contributed by atoms with Crippen molar-refractivity contribution >= 4 is 22.7 Å². The fraction of sp³-hybridized carbons (Fsp3) is 0.200. The van der Waals surface area contributed by atoms with Crippen molar-refractivity contribution in [1.82, 2.24) is 0 Å². The molecule has 4 rings (SSSR count). The molecule has 2 atom stereocenters. The van der Waals surface area contributed by atoms with Gasteiger partial charge in [0.1, 0.15) is 0 Å². The van der Waals surface area contributed by atoms with Crippen molar-refractivity contribution in [3.8, 4) is 0 Å². The molecule has 0 heterocycles. The van der Waals surface area contributed by atoms with Gasteiger partial charge in [-0.1, -0.05) is 48.5 Å². The highest BCUT2D eigenvalue weighted by atomic mass is 19.4. The Labute approximate surface area is 271 Å². The lowest BCUT2D eigenvalue weighted by Gasteiger charge is -2.35. The molecule has 264 valence electrons. The normalized spacial score (nSPS) is 15.4. The minimum atomic E-state index is -6.28. The van der Waals surface area contributed by atoms with E-state index in [0.29, 0.717) is 60.7 Å². The Balaban J connectivity index is 1.65. The predicted molar refractivity (Wildman–Crippen MR) is 149 cm³/mol. The van der Waals surface area contributed by atoms with Gasteiger partial charge in [-0.05, 0) is 24.3 Å². The van der Waals surface area contributed by atoms with E-state index in [4.69, 9.17) is 0 Å². The Morgan fingerprint density at radius 2 is 0.740 bits per heavy atom. The first-order valence-electron chi connectivity index (χ1n) is 13.4. The number of benzene rings is 4. The van der Waals surface area contributed by atoms with Gasteiger partial charge in [0.15, 0.2) is 0 Å². The lowest BCUT2D eigenvalue weighted by molar-refractivity contribution is -0.385. The van der Waals surface area contributed by atoms with Crippen LogP contribution in [0.2, 0.25) is 0 Å². The Kier molecular flexibility index (Phi) is 9.48. The second-order valence-corrected chi connectivity index (χ2v) is 10.4. The van der Waals surface area contributed by atoms with Crippen molar-refractivity contribution in [2.75, 3.05) is 0 Å². The summed E-state index contributed by atoms with van der Waals surface area (Å²) in [6.07, 6.45) is -12.6. The summed E-state index contributed by atoms with van der Waals surface area (Å²) >= 11 is 0. The first kappa shape index (κ1) is 37.3. The van der Waals surface area contributed by atoms with Crippen LogP contribution >= 0.6 is 0 Å². The monoisotopic (exact) mass is 724 g/mol. The van der Waals surface area contributed by atoms with E-state index in [1.165, 1.54) is 0 Å². The van der Waals surface area contributed by atoms with E-state index in [9.17, 15) is 46.6 Å². The maximum Gasteiger partial charge on any atom is 0.433 e. The fourth-order valence-electron chi connectivity index (χ4n) is 4.70. The molecule has 2 unspecified atom stereocenters. The number of hydrogen-bond acceptors (Lipinski definition) is 6. The molecule has 0 N–H and O–H groups in total. The van der Waals surface area contributed by atoms with Crippen LogP contribution in [0.1, 0.15) is 22.3 Å². The summed E-state index contributed by atoms with van der Waals surface area (Å²) in [6, 6.07) is 6.91. The minimum Gasteiger partial charge on any atom is -0.258 e. The topological polar surface area (TPSA) is 111 Å². The van der Waals surface area contributed by atoms with Gasteiger partial charge < -0.3 is 0 Å². The zero-order valence-electron chi connectivity index (χ0n) is 24.2. The van der Waals surface area contributed by atoms with Gasteiger partial charge in [0.25, 0.3) is 22.7 Å². The van der Waals surface area contributed by atoms with E-state index in [0.717, 1.165) is 0 Å². The number of rotatable bonds is 10. The second kappa shape index (κ2) is 12.7. The molecule has 20 heteroatoms. The van der Waals surface area contributed by atoms with E-state index in [2.05, 4.69) is 10.2 Å². The average molecular weight is 724 g/mol. The van der Waals surface area contributed by atoms with Crippen LogP contribution in [0.15, 0.2) is 107 Å². The van der Waals surface area contributed by atoms with Gasteiger partial charge in [-0.2, -0.15) is 54.1 Å². The molecule has 4 aromatic carbocycles. The molecular weight excluding hydrogens is 708 g/mol. The number of alkyl halides is 12. The third-order valence-electron chi connectivity index (χ3n) is 7.30. The van der Waals surface area contributed by atoms with E-state index in [-0.39, 0.29) is 36.4 Å². The number of nitrogens with zero attached hydrogens (tertiary/aromatic N) is 4. The number of halogens is 12. The number of hydrogen-bond donors (Lipinski definition) is 0. The quantitative estimate of drug-likeness (QED) is 0.0701. The number of non-ortho nitro benzene ring substituents is 2. The van der Waals surface area contributed by atoms with Crippen molar-refractivity contribution in [3.63, 3.8) is 0 Å². The molecule has 0 aliphatic rings. The zero-order chi connectivity index (χ0) is 37.5. The standard InChI is InChI=1S/C30H16F12N4O4/c31-25(29(37,38)39,27(33,34)19-3-1-5-23(15-19)45(47)48)17-7-11-21(12-8-17)43-44-22-13-9-18(10-14-22)26(32,30(40,41)42)28(35,36)20-4-2-6-24(16-20)46(49)50/h1-16H/b44-43+. The van der Waals surface area contributed by atoms with Crippen LogP contribution in [-0.2, 0) is 23.2 Å². The molecule has 0 amide bonds. The summed E-state index contributed by atoms with van der Waals surface area (Å²) in [5, 5.41) is 28.9. The second-order valence-electron chi connectivity index (χ2n) is 10.4. The first-order valence-corrected chi connectivity index (χ1v) is 13.4. The smallest absolute Gasteiger partial charge is 0.258 e. The highest BCUT2D eigenvalue weighted by Crippen LogP contribution is 2.59. The van der Waals surface area contributed by atoms with Crippen LogP contribution in [0.5, 0.6) is 0 Å². The van der Waals surface area contributed by atoms with Gasteiger partial charge in [-0.3, -0.25) is 20.2 Å². The summed E-state index contributed by atoms with van der Waals surface area (Å²) in [6.45, 7) is 0. The molecule has 0 saturated carbocycles. The van der Waals surface area contributed by atoms with Gasteiger partial charge in [0.2, 0.25) is 0 Å². The first-order chi connectivity index (χ1) is 23.0. The van der Waals surface area contributed by atoms with Crippen molar-refractivity contribution in [2.24, 2.45) is 10.2 Å². The Hall–Kier alpha value is -5.56. The van der Waals surface area contributed by atoms with Crippen molar-refractivity contribution in [3.05, 3.63) is 140 Å². The summed E-state index contributed by atoms with van der Waals surface area (Å²) in [5.41, 5.74) is -20.4. The van der Waals surface area contributed by atoms with E-state index < -0.39 is 90.4 Å². The van der Waals surface area contributed by atoms with Gasteiger partial charge in [-0.15, -0.1) is 0 Å². The van der Waals surface area contributed by atoms with Crippen LogP contribution in [0, 0.1) is 20.2 Å². The average Bonchev–Trinajstić information content (AvgIpc) is 3.06. The number of azo groups is 1. The Bertz CT molecular complexity index is 1800. The summed E-state index contributed by atoms with van der Waals surface area (Å²) in [5.74, 6) is -10.8. The largest absolute Gasteiger partial charge is 0.433 e. The maximum absolute atomic E-state index is 15.6. The van der Waals surface area contributed by atoms with Crippen LogP contribution in [-0.4, -0.2) is 22.2 Å². The van der Waals surface area contributed by atoms with Crippen molar-refractivity contribution in [1.29, 1.82) is 0 Å². The van der Waals surface area contributed by atoms with Crippen LogP contribution in [0.3, 0.4) is 0 Å². The van der Waals surface area contributed by atoms with Crippen LogP contribution in [0.25, 0.3) is 0 Å².